The van der Waals surface area contributed by atoms with Gasteiger partial charge in [0.15, 0.2) is 0 Å². The first-order chi connectivity index (χ1) is 5.81. The second kappa shape index (κ2) is 8.58. The third kappa shape index (κ3) is 33.4. The fourth-order valence-corrected chi connectivity index (χ4v) is 0.453. The molecule has 0 aliphatic carbocycles. The summed E-state index contributed by atoms with van der Waals surface area (Å²) < 4.78 is 8.88. The van der Waals surface area contributed by atoms with E-state index in [1.165, 1.54) is 0 Å². The summed E-state index contributed by atoms with van der Waals surface area (Å²) in [6.45, 7) is 1.61. The van der Waals surface area contributed by atoms with Gasteiger partial charge < -0.3 is 29.8 Å². The summed E-state index contributed by atoms with van der Waals surface area (Å²) in [5, 5.41) is 16.7. The lowest BCUT2D eigenvalue weighted by atomic mass is 10.5. The average molecular weight is 217 g/mol. The predicted molar refractivity (Wildman–Crippen MR) is 45.9 cm³/mol. The van der Waals surface area contributed by atoms with Crippen molar-refractivity contribution < 1.29 is 29.5 Å². The molecule has 0 amide bonds. The monoisotopic (exact) mass is 217 g/mol. The van der Waals surface area contributed by atoms with Crippen LogP contribution in [0.25, 0.3) is 0 Å². The average Bonchev–Trinajstić information content (AvgIpc) is 1.84. The lowest BCUT2D eigenvalue weighted by Gasteiger charge is -2.11. The highest BCUT2D eigenvalue weighted by atomic mass is 31.2. The molecule has 0 saturated carbocycles. The van der Waals surface area contributed by atoms with Crippen LogP contribution in [0, 0.1) is 0 Å². The summed E-state index contributed by atoms with van der Waals surface area (Å²) in [4.78, 5) is 23.4. The van der Waals surface area contributed by atoms with Gasteiger partial charge >= 0.3 is 7.82 Å². The van der Waals surface area contributed by atoms with E-state index in [0.717, 1.165) is 0 Å². The molecule has 0 fully saturated rings. The largest absolute Gasteiger partial charge is 0.466 e. The van der Waals surface area contributed by atoms with E-state index >= 15 is 0 Å². The van der Waals surface area contributed by atoms with Crippen molar-refractivity contribution in [2.24, 2.45) is 0 Å². The van der Waals surface area contributed by atoms with Crippen LogP contribution in [0.4, 0.5) is 0 Å². The molecule has 8 heteroatoms. The van der Waals surface area contributed by atoms with Gasteiger partial charge in [0.05, 0.1) is 13.2 Å². The van der Waals surface area contributed by atoms with Crippen LogP contribution < -0.4 is 0 Å². The highest BCUT2D eigenvalue weighted by Gasteiger charge is 2.00. The van der Waals surface area contributed by atoms with Crippen molar-refractivity contribution in [2.45, 2.75) is 0 Å². The molecule has 0 aromatic heterocycles. The third-order valence-corrected chi connectivity index (χ3v) is 0.963. The molecule has 0 bridgehead atoms. The topological polar surface area (TPSA) is 121 Å². The van der Waals surface area contributed by atoms with Gasteiger partial charge in [0.1, 0.15) is 0 Å². The molecule has 0 radical (unpaired) electrons. The Morgan fingerprint density at radius 3 is 1.46 bits per heavy atom. The number of hydrogen-bond donors (Lipinski definition) is 5. The number of rotatable bonds is 4. The molecule has 0 saturated heterocycles. The molecule has 0 heterocycles. The minimum absolute atomic E-state index is 0.163. The summed E-state index contributed by atoms with van der Waals surface area (Å²) in [5.74, 6) is 0. The smallest absolute Gasteiger partial charge is 0.395 e. The zero-order valence-corrected chi connectivity index (χ0v) is 8.26. The fourth-order valence-electron chi connectivity index (χ4n) is 0.453. The molecule has 7 nitrogen and oxygen atoms in total. The van der Waals surface area contributed by atoms with Crippen LogP contribution in [0.5, 0.6) is 0 Å². The zero-order valence-electron chi connectivity index (χ0n) is 7.37. The number of hydrogen-bond acceptors (Lipinski definition) is 4. The first kappa shape index (κ1) is 15.5. The second-order valence-electron chi connectivity index (χ2n) is 2.26. The maximum absolute atomic E-state index is 8.88. The van der Waals surface area contributed by atoms with Gasteiger partial charge in [-0.1, -0.05) is 0 Å². The molecular weight excluding hydrogens is 201 g/mol. The molecule has 0 unspecified atom stereocenters. The lowest BCUT2D eigenvalue weighted by molar-refractivity contribution is 0.184. The predicted octanol–water partition coefficient (Wildman–Crippen LogP) is -2.03. The van der Waals surface area contributed by atoms with Crippen LogP contribution >= 0.6 is 7.82 Å². The van der Waals surface area contributed by atoms with Crippen LogP contribution in [-0.4, -0.2) is 63.1 Å². The van der Waals surface area contributed by atoms with E-state index in [2.05, 4.69) is 0 Å². The molecule has 0 rings (SSSR count). The van der Waals surface area contributed by atoms with Crippen molar-refractivity contribution in [2.75, 3.05) is 33.4 Å². The molecule has 5 N–H and O–H groups in total. The molecule has 0 aliphatic heterocycles. The minimum Gasteiger partial charge on any atom is -0.395 e. The Balaban J connectivity index is 0. The van der Waals surface area contributed by atoms with Crippen LogP contribution in [0.15, 0.2) is 0 Å². The molecule has 0 aromatic rings. The highest BCUT2D eigenvalue weighted by molar-refractivity contribution is 7.45. The van der Waals surface area contributed by atoms with E-state index in [9.17, 15) is 0 Å². The quantitative estimate of drug-likeness (QED) is 0.344. The van der Waals surface area contributed by atoms with Crippen molar-refractivity contribution in [1.82, 2.24) is 4.90 Å². The number of likely N-dealkylation sites (N-methyl/N-ethyl adjacent to an activating group) is 1. The zero-order chi connectivity index (χ0) is 10.9. The molecular formula is C5H16NO6P. The van der Waals surface area contributed by atoms with Crippen LogP contribution in [-0.2, 0) is 4.57 Å². The Morgan fingerprint density at radius 2 is 1.31 bits per heavy atom. The van der Waals surface area contributed by atoms with Gasteiger partial charge in [-0.2, -0.15) is 0 Å². The third-order valence-electron chi connectivity index (χ3n) is 0.963. The Labute approximate surface area is 76.5 Å². The van der Waals surface area contributed by atoms with Crippen molar-refractivity contribution >= 4 is 7.82 Å². The fraction of sp³-hybridized carbons (Fsp3) is 1.00. The van der Waals surface area contributed by atoms with Gasteiger partial charge in [-0.3, -0.25) is 0 Å². The van der Waals surface area contributed by atoms with E-state index in [0.29, 0.717) is 13.1 Å². The Morgan fingerprint density at radius 1 is 1.08 bits per heavy atom. The molecule has 0 spiro atoms. The van der Waals surface area contributed by atoms with Crippen molar-refractivity contribution in [1.29, 1.82) is 0 Å². The van der Waals surface area contributed by atoms with Crippen molar-refractivity contribution in [3.05, 3.63) is 0 Å². The first-order valence-corrected chi connectivity index (χ1v) is 5.06. The Bertz CT molecular complexity index is 134. The SMILES string of the molecule is CN(CCO)CCO.O=P(O)(O)O. The normalized spacial score (nSPS) is 11.0. The first-order valence-electron chi connectivity index (χ1n) is 3.49. The number of aliphatic hydroxyl groups excluding tert-OH is 2. The number of nitrogens with zero attached hydrogens (tertiary/aromatic N) is 1. The second-order valence-corrected chi connectivity index (χ2v) is 3.29. The number of aliphatic hydroxyl groups is 2. The summed E-state index contributed by atoms with van der Waals surface area (Å²) >= 11 is 0. The summed E-state index contributed by atoms with van der Waals surface area (Å²) in [6, 6.07) is 0. The number of phosphoric acid groups is 1. The molecule has 13 heavy (non-hydrogen) atoms. The molecule has 0 atom stereocenters. The van der Waals surface area contributed by atoms with Crippen molar-refractivity contribution in [3.63, 3.8) is 0 Å². The van der Waals surface area contributed by atoms with E-state index in [1.807, 2.05) is 11.9 Å². The molecule has 82 valence electrons. The van der Waals surface area contributed by atoms with E-state index in [-0.39, 0.29) is 13.2 Å². The molecule has 0 aliphatic rings. The summed E-state index contributed by atoms with van der Waals surface area (Å²) in [7, 11) is -2.79. The van der Waals surface area contributed by atoms with Crippen LogP contribution in [0.3, 0.4) is 0 Å². The van der Waals surface area contributed by atoms with Crippen LogP contribution in [0.1, 0.15) is 0 Å². The maximum Gasteiger partial charge on any atom is 0.466 e. The van der Waals surface area contributed by atoms with Gasteiger partial charge in [-0.05, 0) is 7.05 Å². The van der Waals surface area contributed by atoms with E-state index in [4.69, 9.17) is 29.5 Å². The Hall–Kier alpha value is -0.0100. The summed E-state index contributed by atoms with van der Waals surface area (Å²) in [6.07, 6.45) is 0. The van der Waals surface area contributed by atoms with Crippen molar-refractivity contribution in [3.8, 4) is 0 Å². The van der Waals surface area contributed by atoms with E-state index in [1.54, 1.807) is 0 Å². The van der Waals surface area contributed by atoms with Gasteiger partial charge in [-0.25, -0.2) is 4.57 Å². The maximum atomic E-state index is 8.88. The summed E-state index contributed by atoms with van der Waals surface area (Å²) in [5.41, 5.74) is 0. The minimum atomic E-state index is -4.64. The van der Waals surface area contributed by atoms with Gasteiger partial charge in [-0.15, -0.1) is 0 Å². The molecule has 0 aromatic carbocycles. The lowest BCUT2D eigenvalue weighted by Crippen LogP contribution is -2.25. The van der Waals surface area contributed by atoms with Gasteiger partial charge in [0, 0.05) is 13.1 Å². The Kier molecular flexibility index (Phi) is 10.2. The van der Waals surface area contributed by atoms with E-state index < -0.39 is 7.82 Å². The van der Waals surface area contributed by atoms with Gasteiger partial charge in [0.25, 0.3) is 0 Å². The highest BCUT2D eigenvalue weighted by Crippen LogP contribution is 2.25. The standard InChI is InChI=1S/C5H13NO2.H3O4P/c1-6(2-4-7)3-5-8;1-5(2,3)4/h7-8H,2-5H2,1H3;(H3,1,2,3,4). The van der Waals surface area contributed by atoms with Crippen LogP contribution in [0.2, 0.25) is 0 Å². The van der Waals surface area contributed by atoms with Gasteiger partial charge in [0.2, 0.25) is 0 Å².